The van der Waals surface area contributed by atoms with Gasteiger partial charge in [-0.2, -0.15) is 0 Å². The lowest BCUT2D eigenvalue weighted by molar-refractivity contribution is 0.0685. The summed E-state index contributed by atoms with van der Waals surface area (Å²) in [5.41, 5.74) is 0.961. The maximum atomic E-state index is 11.8. The molecule has 1 heterocycles. The van der Waals surface area contributed by atoms with Gasteiger partial charge in [-0.1, -0.05) is 55.3 Å². The van der Waals surface area contributed by atoms with Gasteiger partial charge in [-0.25, -0.2) is 9.78 Å². The van der Waals surface area contributed by atoms with Crippen molar-refractivity contribution in [2.75, 3.05) is 6.61 Å². The first-order chi connectivity index (χ1) is 13.1. The zero-order chi connectivity index (χ0) is 19.4. The van der Waals surface area contributed by atoms with Crippen LogP contribution in [0.3, 0.4) is 0 Å². The fourth-order valence-corrected chi connectivity index (χ4v) is 3.58. The van der Waals surface area contributed by atoms with Crippen LogP contribution in [0.1, 0.15) is 48.6 Å². The van der Waals surface area contributed by atoms with Crippen molar-refractivity contribution in [3.05, 3.63) is 58.6 Å². The number of halogens is 1. The maximum absolute atomic E-state index is 11.8. The van der Waals surface area contributed by atoms with Gasteiger partial charge >= 0.3 is 5.97 Å². The SMILES string of the molecule is CCCCc1nc(Cl)c(C(=O)O)n1Cc1c(OCC)ccc2ccccc12. The van der Waals surface area contributed by atoms with E-state index in [9.17, 15) is 9.90 Å². The molecule has 0 saturated carbocycles. The number of carbonyl (C=O) groups is 1. The van der Waals surface area contributed by atoms with Crippen molar-refractivity contribution in [2.24, 2.45) is 0 Å². The molecule has 0 spiro atoms. The zero-order valence-electron chi connectivity index (χ0n) is 15.5. The molecule has 0 unspecified atom stereocenters. The summed E-state index contributed by atoms with van der Waals surface area (Å²) in [5, 5.41) is 11.8. The molecule has 0 saturated heterocycles. The van der Waals surface area contributed by atoms with Gasteiger partial charge in [0.15, 0.2) is 10.8 Å². The first-order valence-electron chi connectivity index (χ1n) is 9.18. The van der Waals surface area contributed by atoms with E-state index in [0.29, 0.717) is 25.4 Å². The molecule has 0 amide bonds. The van der Waals surface area contributed by atoms with Crippen LogP contribution in [0, 0.1) is 0 Å². The van der Waals surface area contributed by atoms with Crippen molar-refractivity contribution < 1.29 is 14.6 Å². The second-order valence-electron chi connectivity index (χ2n) is 6.36. The molecular weight excluding hydrogens is 364 g/mol. The van der Waals surface area contributed by atoms with Gasteiger partial charge in [0, 0.05) is 12.0 Å². The molecule has 2 aromatic carbocycles. The highest BCUT2D eigenvalue weighted by molar-refractivity contribution is 6.32. The van der Waals surface area contributed by atoms with Crippen molar-refractivity contribution in [1.82, 2.24) is 9.55 Å². The van der Waals surface area contributed by atoms with Gasteiger partial charge in [0.05, 0.1) is 13.2 Å². The Morgan fingerprint density at radius 2 is 2.00 bits per heavy atom. The Hall–Kier alpha value is -2.53. The van der Waals surface area contributed by atoms with E-state index in [2.05, 4.69) is 11.9 Å². The molecule has 27 heavy (non-hydrogen) atoms. The van der Waals surface area contributed by atoms with Crippen LogP contribution >= 0.6 is 11.6 Å². The smallest absolute Gasteiger partial charge is 0.355 e. The van der Waals surface area contributed by atoms with E-state index in [1.54, 1.807) is 4.57 Å². The molecule has 1 aromatic heterocycles. The number of nitrogens with zero attached hydrogens (tertiary/aromatic N) is 2. The third-order valence-corrected chi connectivity index (χ3v) is 4.84. The van der Waals surface area contributed by atoms with E-state index in [1.165, 1.54) is 0 Å². The molecular formula is C21H23ClN2O3. The number of aromatic nitrogens is 2. The summed E-state index contributed by atoms with van der Waals surface area (Å²) < 4.78 is 7.54. The number of hydrogen-bond acceptors (Lipinski definition) is 3. The number of carboxylic acids is 1. The number of benzene rings is 2. The first kappa shape index (κ1) is 19.2. The Bertz CT molecular complexity index is 965. The van der Waals surface area contributed by atoms with E-state index in [1.807, 2.05) is 43.3 Å². The van der Waals surface area contributed by atoms with Gasteiger partial charge in [0.25, 0.3) is 0 Å². The number of aryl methyl sites for hydroxylation is 1. The van der Waals surface area contributed by atoms with Gasteiger partial charge in [0.2, 0.25) is 0 Å². The standard InChI is InChI=1S/C21H23ClN2O3/c1-3-5-10-18-23-20(22)19(21(25)26)24(18)13-16-15-9-7-6-8-14(15)11-12-17(16)27-4-2/h6-9,11-12H,3-5,10,13H2,1-2H3,(H,25,26). The van der Waals surface area contributed by atoms with Crippen molar-refractivity contribution in [3.63, 3.8) is 0 Å². The molecule has 1 N–H and O–H groups in total. The number of rotatable bonds is 8. The average molecular weight is 387 g/mol. The molecule has 0 aliphatic heterocycles. The molecule has 0 bridgehead atoms. The minimum Gasteiger partial charge on any atom is -0.494 e. The minimum absolute atomic E-state index is 0.0261. The van der Waals surface area contributed by atoms with Crippen LogP contribution in [0.5, 0.6) is 5.75 Å². The summed E-state index contributed by atoms with van der Waals surface area (Å²) in [6.45, 7) is 4.90. The van der Waals surface area contributed by atoms with Gasteiger partial charge in [-0.15, -0.1) is 0 Å². The fourth-order valence-electron chi connectivity index (χ4n) is 3.29. The highest BCUT2D eigenvalue weighted by Gasteiger charge is 2.23. The van der Waals surface area contributed by atoms with Crippen molar-refractivity contribution >= 4 is 28.3 Å². The monoisotopic (exact) mass is 386 g/mol. The third kappa shape index (κ3) is 3.93. The van der Waals surface area contributed by atoms with E-state index >= 15 is 0 Å². The van der Waals surface area contributed by atoms with Crippen LogP contribution in [0.2, 0.25) is 5.15 Å². The number of carboxylic acid groups (broad SMARTS) is 1. The number of unbranched alkanes of at least 4 members (excludes halogenated alkanes) is 1. The Kier molecular flexibility index (Phi) is 6.01. The third-order valence-electron chi connectivity index (χ3n) is 4.57. The highest BCUT2D eigenvalue weighted by Crippen LogP contribution is 2.31. The van der Waals surface area contributed by atoms with Gasteiger partial charge in [-0.05, 0) is 30.2 Å². The summed E-state index contributed by atoms with van der Waals surface area (Å²) in [7, 11) is 0. The Morgan fingerprint density at radius 3 is 2.70 bits per heavy atom. The predicted octanol–water partition coefficient (Wildman–Crippen LogP) is 5.18. The van der Waals surface area contributed by atoms with Crippen LogP contribution in [-0.4, -0.2) is 27.2 Å². The quantitative estimate of drug-likeness (QED) is 0.579. The minimum atomic E-state index is -1.08. The summed E-state index contributed by atoms with van der Waals surface area (Å²) in [4.78, 5) is 16.1. The summed E-state index contributed by atoms with van der Waals surface area (Å²) in [6, 6.07) is 12.0. The highest BCUT2D eigenvalue weighted by atomic mass is 35.5. The molecule has 3 aromatic rings. The Labute approximate surface area is 163 Å². The van der Waals surface area contributed by atoms with E-state index in [0.717, 1.165) is 34.9 Å². The number of hydrogen-bond donors (Lipinski definition) is 1. The summed E-state index contributed by atoms with van der Waals surface area (Å²) >= 11 is 6.17. The lowest BCUT2D eigenvalue weighted by atomic mass is 10.0. The second-order valence-corrected chi connectivity index (χ2v) is 6.72. The van der Waals surface area contributed by atoms with Gasteiger partial charge < -0.3 is 14.4 Å². The van der Waals surface area contributed by atoms with E-state index in [4.69, 9.17) is 16.3 Å². The molecule has 5 nitrogen and oxygen atoms in total. The molecule has 0 aliphatic rings. The number of imidazole rings is 1. The summed E-state index contributed by atoms with van der Waals surface area (Å²) in [6.07, 6.45) is 2.59. The normalized spacial score (nSPS) is 11.1. The van der Waals surface area contributed by atoms with Crippen LogP contribution in [-0.2, 0) is 13.0 Å². The number of aromatic carboxylic acids is 1. The molecule has 6 heteroatoms. The molecule has 142 valence electrons. The van der Waals surface area contributed by atoms with E-state index < -0.39 is 5.97 Å². The largest absolute Gasteiger partial charge is 0.494 e. The number of ether oxygens (including phenoxy) is 1. The summed E-state index contributed by atoms with van der Waals surface area (Å²) in [5.74, 6) is 0.363. The number of fused-ring (bicyclic) bond motifs is 1. The van der Waals surface area contributed by atoms with Crippen molar-refractivity contribution in [3.8, 4) is 5.75 Å². The van der Waals surface area contributed by atoms with E-state index in [-0.39, 0.29) is 10.8 Å². The Morgan fingerprint density at radius 1 is 1.22 bits per heavy atom. The predicted molar refractivity (Wildman–Crippen MR) is 107 cm³/mol. The first-order valence-corrected chi connectivity index (χ1v) is 9.56. The van der Waals surface area contributed by atoms with Crippen LogP contribution in [0.15, 0.2) is 36.4 Å². The molecule has 0 radical (unpaired) electrons. The van der Waals surface area contributed by atoms with Crippen LogP contribution < -0.4 is 4.74 Å². The molecule has 3 rings (SSSR count). The van der Waals surface area contributed by atoms with Crippen LogP contribution in [0.25, 0.3) is 10.8 Å². The van der Waals surface area contributed by atoms with Crippen molar-refractivity contribution in [1.29, 1.82) is 0 Å². The van der Waals surface area contributed by atoms with Gasteiger partial charge in [0.1, 0.15) is 11.6 Å². The molecule has 0 aliphatic carbocycles. The fraction of sp³-hybridized carbons (Fsp3) is 0.333. The van der Waals surface area contributed by atoms with Crippen molar-refractivity contribution in [2.45, 2.75) is 39.7 Å². The zero-order valence-corrected chi connectivity index (χ0v) is 16.3. The second kappa shape index (κ2) is 8.44. The van der Waals surface area contributed by atoms with Gasteiger partial charge in [-0.3, -0.25) is 0 Å². The maximum Gasteiger partial charge on any atom is 0.355 e. The topological polar surface area (TPSA) is 64.3 Å². The lowest BCUT2D eigenvalue weighted by Crippen LogP contribution is -2.14. The molecule has 0 atom stereocenters. The lowest BCUT2D eigenvalue weighted by Gasteiger charge is -2.16. The van der Waals surface area contributed by atoms with Crippen LogP contribution in [0.4, 0.5) is 0 Å². The Balaban J connectivity index is 2.16. The molecule has 0 fully saturated rings. The average Bonchev–Trinajstić information content (AvgIpc) is 2.97.